The van der Waals surface area contributed by atoms with Crippen molar-refractivity contribution in [3.63, 3.8) is 0 Å². The van der Waals surface area contributed by atoms with Crippen LogP contribution in [0.25, 0.3) is 11.1 Å². The van der Waals surface area contributed by atoms with Gasteiger partial charge in [0.05, 0.1) is 31.0 Å². The first-order valence-corrected chi connectivity index (χ1v) is 6.24. The van der Waals surface area contributed by atoms with Crippen LogP contribution < -0.4 is 0 Å². The molecule has 18 heavy (non-hydrogen) atoms. The van der Waals surface area contributed by atoms with Gasteiger partial charge in [-0.25, -0.2) is 0 Å². The molecule has 0 saturated heterocycles. The minimum Gasteiger partial charge on any atom is -0.383 e. The number of hydrogen-bond acceptors (Lipinski definition) is 3. The largest absolute Gasteiger partial charge is 0.383 e. The number of hydrogen-bond donors (Lipinski definition) is 0. The Labute approximate surface area is 114 Å². The molecule has 5 heteroatoms. The van der Waals surface area contributed by atoms with E-state index in [9.17, 15) is 0 Å². The van der Waals surface area contributed by atoms with Crippen molar-refractivity contribution >= 4 is 15.9 Å². The Hall–Kier alpha value is -1.64. The number of aromatic nitrogens is 2. The van der Waals surface area contributed by atoms with E-state index in [4.69, 9.17) is 10.00 Å². The zero-order valence-electron chi connectivity index (χ0n) is 9.93. The van der Waals surface area contributed by atoms with Crippen LogP contribution in [-0.2, 0) is 11.3 Å². The molecule has 1 aromatic heterocycles. The van der Waals surface area contributed by atoms with Crippen molar-refractivity contribution in [2.45, 2.75) is 6.54 Å². The molecule has 2 aromatic rings. The number of benzene rings is 1. The van der Waals surface area contributed by atoms with E-state index in [-0.39, 0.29) is 0 Å². The van der Waals surface area contributed by atoms with Crippen molar-refractivity contribution in [1.29, 1.82) is 5.26 Å². The average molecular weight is 306 g/mol. The number of rotatable bonds is 4. The van der Waals surface area contributed by atoms with Crippen molar-refractivity contribution < 1.29 is 4.74 Å². The number of halogens is 1. The van der Waals surface area contributed by atoms with Gasteiger partial charge in [-0.1, -0.05) is 15.9 Å². The third-order valence-electron chi connectivity index (χ3n) is 2.52. The average Bonchev–Trinajstić information content (AvgIpc) is 2.84. The highest BCUT2D eigenvalue weighted by atomic mass is 79.9. The van der Waals surface area contributed by atoms with E-state index < -0.39 is 0 Å². The third kappa shape index (κ3) is 2.97. The molecular weight excluding hydrogens is 294 g/mol. The summed E-state index contributed by atoms with van der Waals surface area (Å²) in [6.07, 6.45) is 3.74. The molecule has 0 N–H and O–H groups in total. The summed E-state index contributed by atoms with van der Waals surface area (Å²) in [4.78, 5) is 0. The van der Waals surface area contributed by atoms with E-state index in [0.29, 0.717) is 12.2 Å². The van der Waals surface area contributed by atoms with Crippen LogP contribution in [0.5, 0.6) is 0 Å². The minimum absolute atomic E-state index is 0.628. The second-order valence-corrected chi connectivity index (χ2v) is 4.74. The number of methoxy groups -OCH3 is 1. The second kappa shape index (κ2) is 5.80. The Kier molecular flexibility index (Phi) is 4.13. The van der Waals surface area contributed by atoms with Crippen LogP contribution >= 0.6 is 15.9 Å². The summed E-state index contributed by atoms with van der Waals surface area (Å²) in [7, 11) is 1.66. The molecule has 0 bridgehead atoms. The van der Waals surface area contributed by atoms with Crippen LogP contribution in [-0.4, -0.2) is 23.5 Å². The monoisotopic (exact) mass is 305 g/mol. The zero-order valence-corrected chi connectivity index (χ0v) is 11.5. The van der Waals surface area contributed by atoms with Crippen molar-refractivity contribution in [2.24, 2.45) is 0 Å². The van der Waals surface area contributed by atoms with Gasteiger partial charge in [0.15, 0.2) is 0 Å². The first-order chi connectivity index (χ1) is 8.72. The summed E-state index contributed by atoms with van der Waals surface area (Å²) in [5.74, 6) is 0. The fourth-order valence-electron chi connectivity index (χ4n) is 1.64. The van der Waals surface area contributed by atoms with E-state index in [0.717, 1.165) is 22.1 Å². The standard InChI is InChI=1S/C13H12BrN3O/c1-18-3-2-17-9-12(8-16-17)11-4-10(7-15)5-13(14)6-11/h4-6,8-9H,2-3H2,1H3. The molecule has 0 fully saturated rings. The molecule has 0 radical (unpaired) electrons. The quantitative estimate of drug-likeness (QED) is 0.873. The van der Waals surface area contributed by atoms with E-state index in [1.54, 1.807) is 19.4 Å². The van der Waals surface area contributed by atoms with Gasteiger partial charge in [0, 0.05) is 23.3 Å². The minimum atomic E-state index is 0.628. The fraction of sp³-hybridized carbons (Fsp3) is 0.231. The second-order valence-electron chi connectivity index (χ2n) is 3.83. The molecule has 1 heterocycles. The summed E-state index contributed by atoms with van der Waals surface area (Å²) in [6, 6.07) is 7.75. The van der Waals surface area contributed by atoms with E-state index in [2.05, 4.69) is 27.1 Å². The van der Waals surface area contributed by atoms with E-state index >= 15 is 0 Å². The molecule has 0 aliphatic carbocycles. The van der Waals surface area contributed by atoms with Crippen LogP contribution in [0.4, 0.5) is 0 Å². The van der Waals surface area contributed by atoms with Gasteiger partial charge >= 0.3 is 0 Å². The molecule has 0 atom stereocenters. The summed E-state index contributed by atoms with van der Waals surface area (Å²) in [6.45, 7) is 1.35. The molecule has 1 aromatic carbocycles. The topological polar surface area (TPSA) is 50.8 Å². The fourth-order valence-corrected chi connectivity index (χ4v) is 2.13. The van der Waals surface area contributed by atoms with Gasteiger partial charge in [-0.15, -0.1) is 0 Å². The van der Waals surface area contributed by atoms with Crippen molar-refractivity contribution in [1.82, 2.24) is 9.78 Å². The normalized spacial score (nSPS) is 10.3. The molecule has 92 valence electrons. The Morgan fingerprint density at radius 1 is 1.39 bits per heavy atom. The van der Waals surface area contributed by atoms with Gasteiger partial charge < -0.3 is 4.74 Å². The Morgan fingerprint density at radius 2 is 2.22 bits per heavy atom. The number of nitrogens with zero attached hydrogens (tertiary/aromatic N) is 3. The zero-order chi connectivity index (χ0) is 13.0. The Morgan fingerprint density at radius 3 is 2.94 bits per heavy atom. The maximum atomic E-state index is 8.95. The first-order valence-electron chi connectivity index (χ1n) is 5.45. The third-order valence-corrected chi connectivity index (χ3v) is 2.98. The van der Waals surface area contributed by atoms with Gasteiger partial charge in [0.1, 0.15) is 0 Å². The lowest BCUT2D eigenvalue weighted by Crippen LogP contribution is -2.03. The summed E-state index contributed by atoms with van der Waals surface area (Å²) >= 11 is 3.40. The van der Waals surface area contributed by atoms with Gasteiger partial charge in [-0.2, -0.15) is 10.4 Å². The predicted octanol–water partition coefficient (Wildman–Crippen LogP) is 2.83. The van der Waals surface area contributed by atoms with Gasteiger partial charge in [0.25, 0.3) is 0 Å². The smallest absolute Gasteiger partial charge is 0.0992 e. The summed E-state index contributed by atoms with van der Waals surface area (Å²) in [5, 5.41) is 13.2. The molecule has 0 aliphatic heterocycles. The van der Waals surface area contributed by atoms with Crippen LogP contribution in [0, 0.1) is 11.3 Å². The van der Waals surface area contributed by atoms with Gasteiger partial charge in [-0.05, 0) is 23.8 Å². The number of ether oxygens (including phenoxy) is 1. The molecule has 0 aliphatic rings. The van der Waals surface area contributed by atoms with Crippen molar-refractivity contribution in [3.8, 4) is 17.2 Å². The highest BCUT2D eigenvalue weighted by Gasteiger charge is 2.04. The van der Waals surface area contributed by atoms with Crippen LogP contribution in [0.3, 0.4) is 0 Å². The lowest BCUT2D eigenvalue weighted by Gasteiger charge is -2.00. The van der Waals surface area contributed by atoms with E-state index in [1.165, 1.54) is 0 Å². The highest BCUT2D eigenvalue weighted by molar-refractivity contribution is 9.10. The van der Waals surface area contributed by atoms with Gasteiger partial charge in [0.2, 0.25) is 0 Å². The van der Waals surface area contributed by atoms with Crippen LogP contribution in [0.15, 0.2) is 35.1 Å². The summed E-state index contributed by atoms with van der Waals surface area (Å²) < 4.78 is 7.72. The maximum absolute atomic E-state index is 8.95. The first kappa shape index (κ1) is 12.8. The Bertz CT molecular complexity index is 586. The van der Waals surface area contributed by atoms with Crippen molar-refractivity contribution in [2.75, 3.05) is 13.7 Å². The molecule has 0 unspecified atom stereocenters. The lowest BCUT2D eigenvalue weighted by molar-refractivity contribution is 0.183. The summed E-state index contributed by atoms with van der Waals surface area (Å²) in [5.41, 5.74) is 2.59. The molecular formula is C13H12BrN3O. The SMILES string of the molecule is COCCn1cc(-c2cc(Br)cc(C#N)c2)cn1. The lowest BCUT2D eigenvalue weighted by atomic mass is 10.1. The van der Waals surface area contributed by atoms with Crippen molar-refractivity contribution in [3.05, 3.63) is 40.6 Å². The molecule has 0 spiro atoms. The van der Waals surface area contributed by atoms with Crippen LogP contribution in [0.1, 0.15) is 5.56 Å². The number of nitriles is 1. The molecule has 2 rings (SSSR count). The Balaban J connectivity index is 2.28. The van der Waals surface area contributed by atoms with E-state index in [1.807, 2.05) is 23.0 Å². The maximum Gasteiger partial charge on any atom is 0.0992 e. The predicted molar refractivity (Wildman–Crippen MR) is 72.0 cm³/mol. The molecule has 4 nitrogen and oxygen atoms in total. The van der Waals surface area contributed by atoms with Gasteiger partial charge in [-0.3, -0.25) is 4.68 Å². The van der Waals surface area contributed by atoms with Crippen LogP contribution in [0.2, 0.25) is 0 Å². The molecule has 0 saturated carbocycles. The molecule has 0 amide bonds. The highest BCUT2D eigenvalue weighted by Crippen LogP contribution is 2.24.